The molecule has 0 aromatic heterocycles. The minimum Gasteiger partial charge on any atom is -0.383 e. The van der Waals surface area contributed by atoms with Gasteiger partial charge in [-0.3, -0.25) is 4.79 Å². The Bertz CT molecular complexity index is 177. The maximum atomic E-state index is 11.8. The van der Waals surface area contributed by atoms with Crippen LogP contribution in [0.3, 0.4) is 0 Å². The number of hydrogen-bond acceptors (Lipinski definition) is 3. The number of nitrogens with two attached hydrogens (primary N) is 1. The second kappa shape index (κ2) is 5.98. The third-order valence-electron chi connectivity index (χ3n) is 2.58. The minimum atomic E-state index is -0.488. The van der Waals surface area contributed by atoms with Gasteiger partial charge in [0.2, 0.25) is 5.91 Å². The summed E-state index contributed by atoms with van der Waals surface area (Å²) in [5, 5.41) is 0. The van der Waals surface area contributed by atoms with Gasteiger partial charge in [0.15, 0.2) is 0 Å². The Hall–Kier alpha value is -0.610. The summed E-state index contributed by atoms with van der Waals surface area (Å²) in [6.45, 7) is 2.03. The summed E-state index contributed by atoms with van der Waals surface area (Å²) in [6.07, 6.45) is 4.66. The molecule has 14 heavy (non-hydrogen) atoms. The van der Waals surface area contributed by atoms with E-state index >= 15 is 0 Å². The molecule has 1 unspecified atom stereocenters. The lowest BCUT2D eigenvalue weighted by molar-refractivity contribution is -0.133. The van der Waals surface area contributed by atoms with Crippen LogP contribution in [-0.2, 0) is 9.53 Å². The Balaban J connectivity index is 2.40. The molecule has 4 nitrogen and oxygen atoms in total. The standard InChI is InChI=1S/C10H20N2O2/c1-14-8-9(11)10(13)12-6-4-2-3-5-7-12/h9H,2-8,11H2,1H3. The molecule has 82 valence electrons. The van der Waals surface area contributed by atoms with Crippen molar-refractivity contribution >= 4 is 5.91 Å². The van der Waals surface area contributed by atoms with Crippen LogP contribution in [0, 0.1) is 0 Å². The maximum Gasteiger partial charge on any atom is 0.241 e. The van der Waals surface area contributed by atoms with Crippen molar-refractivity contribution in [1.29, 1.82) is 0 Å². The van der Waals surface area contributed by atoms with E-state index in [2.05, 4.69) is 0 Å². The molecule has 1 amide bonds. The van der Waals surface area contributed by atoms with Gasteiger partial charge in [-0.25, -0.2) is 0 Å². The van der Waals surface area contributed by atoms with Crippen molar-refractivity contribution in [2.75, 3.05) is 26.8 Å². The van der Waals surface area contributed by atoms with Gasteiger partial charge in [-0.15, -0.1) is 0 Å². The monoisotopic (exact) mass is 200 g/mol. The molecule has 1 rings (SSSR count). The normalized spacial score (nSPS) is 20.3. The zero-order valence-electron chi connectivity index (χ0n) is 8.87. The summed E-state index contributed by atoms with van der Waals surface area (Å²) in [4.78, 5) is 13.6. The lowest BCUT2D eigenvalue weighted by Gasteiger charge is -2.23. The van der Waals surface area contributed by atoms with Crippen LogP contribution in [0.5, 0.6) is 0 Å². The van der Waals surface area contributed by atoms with E-state index in [1.807, 2.05) is 4.90 Å². The van der Waals surface area contributed by atoms with Crippen LogP contribution in [0.15, 0.2) is 0 Å². The molecule has 0 spiro atoms. The van der Waals surface area contributed by atoms with E-state index in [4.69, 9.17) is 10.5 Å². The fourth-order valence-corrected chi connectivity index (χ4v) is 1.78. The van der Waals surface area contributed by atoms with E-state index in [1.54, 1.807) is 7.11 Å². The first-order valence-corrected chi connectivity index (χ1v) is 5.29. The summed E-state index contributed by atoms with van der Waals surface area (Å²) in [5.74, 6) is 0.0359. The Morgan fingerprint density at radius 1 is 1.36 bits per heavy atom. The molecule has 4 heteroatoms. The van der Waals surface area contributed by atoms with Crippen molar-refractivity contribution in [2.45, 2.75) is 31.7 Å². The van der Waals surface area contributed by atoms with E-state index in [-0.39, 0.29) is 5.91 Å². The average Bonchev–Trinajstić information content (AvgIpc) is 2.45. The molecular weight excluding hydrogens is 180 g/mol. The number of carbonyl (C=O) groups is 1. The first-order chi connectivity index (χ1) is 6.75. The van der Waals surface area contributed by atoms with Crippen molar-refractivity contribution in [3.63, 3.8) is 0 Å². The first kappa shape index (κ1) is 11.5. The number of hydrogen-bond donors (Lipinski definition) is 1. The zero-order chi connectivity index (χ0) is 10.4. The highest BCUT2D eigenvalue weighted by Crippen LogP contribution is 2.10. The van der Waals surface area contributed by atoms with Crippen LogP contribution in [0.25, 0.3) is 0 Å². The molecule has 0 aromatic carbocycles. The van der Waals surface area contributed by atoms with Crippen LogP contribution < -0.4 is 5.73 Å². The topological polar surface area (TPSA) is 55.6 Å². The molecular formula is C10H20N2O2. The molecule has 1 aliphatic heterocycles. The number of likely N-dealkylation sites (tertiary alicyclic amines) is 1. The third-order valence-corrected chi connectivity index (χ3v) is 2.58. The minimum absolute atomic E-state index is 0.0359. The van der Waals surface area contributed by atoms with E-state index in [0.29, 0.717) is 6.61 Å². The molecule has 0 bridgehead atoms. The predicted molar refractivity (Wildman–Crippen MR) is 54.9 cm³/mol. The fraction of sp³-hybridized carbons (Fsp3) is 0.900. The maximum absolute atomic E-state index is 11.8. The second-order valence-corrected chi connectivity index (χ2v) is 3.80. The van der Waals surface area contributed by atoms with Crippen molar-refractivity contribution in [1.82, 2.24) is 4.90 Å². The van der Waals surface area contributed by atoms with Gasteiger partial charge in [0.05, 0.1) is 6.61 Å². The van der Waals surface area contributed by atoms with Crippen LogP contribution in [-0.4, -0.2) is 43.7 Å². The van der Waals surface area contributed by atoms with Crippen molar-refractivity contribution in [3.05, 3.63) is 0 Å². The van der Waals surface area contributed by atoms with Crippen LogP contribution in [0.4, 0.5) is 0 Å². The number of carbonyl (C=O) groups excluding carboxylic acids is 1. The highest BCUT2D eigenvalue weighted by Gasteiger charge is 2.21. The van der Waals surface area contributed by atoms with E-state index < -0.39 is 6.04 Å². The third kappa shape index (κ3) is 3.27. The summed E-state index contributed by atoms with van der Waals surface area (Å²) in [7, 11) is 1.57. The first-order valence-electron chi connectivity index (χ1n) is 5.29. The molecule has 1 fully saturated rings. The van der Waals surface area contributed by atoms with Gasteiger partial charge in [-0.05, 0) is 12.8 Å². The number of methoxy groups -OCH3 is 1. The van der Waals surface area contributed by atoms with E-state index in [1.165, 1.54) is 12.8 Å². The number of ether oxygens (including phenoxy) is 1. The van der Waals surface area contributed by atoms with Crippen LogP contribution in [0.1, 0.15) is 25.7 Å². The molecule has 0 aromatic rings. The van der Waals surface area contributed by atoms with E-state index in [9.17, 15) is 4.79 Å². The summed E-state index contributed by atoms with van der Waals surface area (Å²) in [5.41, 5.74) is 5.69. The second-order valence-electron chi connectivity index (χ2n) is 3.80. The lowest BCUT2D eigenvalue weighted by atomic mass is 10.2. The Morgan fingerprint density at radius 2 is 1.93 bits per heavy atom. The average molecular weight is 200 g/mol. The Morgan fingerprint density at radius 3 is 2.43 bits per heavy atom. The predicted octanol–water partition coefficient (Wildman–Crippen LogP) is 0.363. The Kier molecular flexibility index (Phi) is 4.90. The van der Waals surface area contributed by atoms with E-state index in [0.717, 1.165) is 25.9 Å². The SMILES string of the molecule is COCC(N)C(=O)N1CCCCCC1. The van der Waals surface area contributed by atoms with Gasteiger partial charge in [0, 0.05) is 20.2 Å². The molecule has 0 aliphatic carbocycles. The smallest absolute Gasteiger partial charge is 0.241 e. The van der Waals surface area contributed by atoms with Crippen molar-refractivity contribution < 1.29 is 9.53 Å². The highest BCUT2D eigenvalue weighted by molar-refractivity contribution is 5.81. The Labute approximate surface area is 85.4 Å². The van der Waals surface area contributed by atoms with Gasteiger partial charge >= 0.3 is 0 Å². The quantitative estimate of drug-likeness (QED) is 0.715. The van der Waals surface area contributed by atoms with Gasteiger partial charge in [-0.1, -0.05) is 12.8 Å². The molecule has 2 N–H and O–H groups in total. The fourth-order valence-electron chi connectivity index (χ4n) is 1.78. The summed E-state index contributed by atoms with van der Waals surface area (Å²) >= 11 is 0. The number of rotatable bonds is 3. The molecule has 1 atom stereocenters. The molecule has 1 saturated heterocycles. The lowest BCUT2D eigenvalue weighted by Crippen LogP contribution is -2.46. The molecule has 0 radical (unpaired) electrons. The molecule has 0 saturated carbocycles. The zero-order valence-corrected chi connectivity index (χ0v) is 8.87. The van der Waals surface area contributed by atoms with Crippen LogP contribution >= 0.6 is 0 Å². The van der Waals surface area contributed by atoms with Gasteiger partial charge in [-0.2, -0.15) is 0 Å². The van der Waals surface area contributed by atoms with Crippen LogP contribution in [0.2, 0.25) is 0 Å². The van der Waals surface area contributed by atoms with Crippen molar-refractivity contribution in [2.24, 2.45) is 5.73 Å². The highest BCUT2D eigenvalue weighted by atomic mass is 16.5. The number of nitrogens with zero attached hydrogens (tertiary/aromatic N) is 1. The van der Waals surface area contributed by atoms with Gasteiger partial charge in [0.1, 0.15) is 6.04 Å². The van der Waals surface area contributed by atoms with Gasteiger partial charge in [0.25, 0.3) is 0 Å². The van der Waals surface area contributed by atoms with Gasteiger partial charge < -0.3 is 15.4 Å². The largest absolute Gasteiger partial charge is 0.383 e. The number of amides is 1. The summed E-state index contributed by atoms with van der Waals surface area (Å²) < 4.78 is 4.87. The summed E-state index contributed by atoms with van der Waals surface area (Å²) in [6, 6.07) is -0.488. The van der Waals surface area contributed by atoms with Crippen molar-refractivity contribution in [3.8, 4) is 0 Å². The molecule has 1 aliphatic rings. The molecule has 1 heterocycles.